The van der Waals surface area contributed by atoms with Crippen molar-refractivity contribution in [1.82, 2.24) is 4.90 Å². The topological polar surface area (TPSA) is 113 Å². The van der Waals surface area contributed by atoms with E-state index in [1.165, 1.54) is 37.3 Å². The normalized spacial score (nSPS) is 23.2. The van der Waals surface area contributed by atoms with Gasteiger partial charge in [0, 0.05) is 16.5 Å². The molecule has 0 aliphatic carbocycles. The van der Waals surface area contributed by atoms with Gasteiger partial charge in [-0.25, -0.2) is 14.5 Å². The van der Waals surface area contributed by atoms with Crippen molar-refractivity contribution in [3.8, 4) is 0 Å². The van der Waals surface area contributed by atoms with Crippen LogP contribution in [0.25, 0.3) is 0 Å². The summed E-state index contributed by atoms with van der Waals surface area (Å²) in [6, 6.07) is 7.65. The van der Waals surface area contributed by atoms with Crippen molar-refractivity contribution in [2.75, 3.05) is 0 Å². The number of alkyl halides is 3. The molecule has 2 N–H and O–H groups in total. The van der Waals surface area contributed by atoms with Crippen LogP contribution in [0, 0.1) is 0 Å². The van der Waals surface area contributed by atoms with Gasteiger partial charge in [-0.1, -0.05) is 47.5 Å². The van der Waals surface area contributed by atoms with E-state index in [1.54, 1.807) is 41.5 Å². The summed E-state index contributed by atoms with van der Waals surface area (Å²) in [7, 11) is 0. The molecule has 14 heteroatoms. The van der Waals surface area contributed by atoms with Gasteiger partial charge in [-0.2, -0.15) is 13.2 Å². The molecule has 1 aliphatic heterocycles. The van der Waals surface area contributed by atoms with Crippen LogP contribution in [0.3, 0.4) is 0 Å². The number of benzene rings is 2. The van der Waals surface area contributed by atoms with Gasteiger partial charge < -0.3 is 19.7 Å². The van der Waals surface area contributed by atoms with Gasteiger partial charge in [0.1, 0.15) is 26.8 Å². The summed E-state index contributed by atoms with van der Waals surface area (Å²) >= 11 is 12.1. The number of carbonyl (C=O) groups is 3. The quantitative estimate of drug-likeness (QED) is 0.324. The average molecular weight is 681 g/mol. The van der Waals surface area contributed by atoms with E-state index in [1.807, 2.05) is 0 Å². The first kappa shape index (κ1) is 35.8. The summed E-state index contributed by atoms with van der Waals surface area (Å²) < 4.78 is 52.4. The minimum Gasteiger partial charge on any atom is -0.480 e. The van der Waals surface area contributed by atoms with Gasteiger partial charge in [0.05, 0.1) is 6.04 Å². The SMILES string of the molecule is CC(c1ccc(C2(O)CC(c3cc(Cl)cc(Cl)c3)(C(F)(F)F)SC2C(=O)O)cc1)N(C(=O)OC(C)(C)C)C(=O)OC(C)(C)C. The molecule has 0 aromatic heterocycles. The number of carboxylic acid groups (broad SMARTS) is 1. The largest absolute Gasteiger partial charge is 0.480 e. The molecule has 4 unspecified atom stereocenters. The number of aliphatic carboxylic acids is 1. The molecule has 2 aromatic rings. The van der Waals surface area contributed by atoms with E-state index >= 15 is 0 Å². The first-order chi connectivity index (χ1) is 19.9. The molecule has 0 saturated carbocycles. The van der Waals surface area contributed by atoms with Crippen molar-refractivity contribution in [3.63, 3.8) is 0 Å². The maximum absolute atomic E-state index is 14.8. The molecule has 1 heterocycles. The molecule has 1 saturated heterocycles. The van der Waals surface area contributed by atoms with Crippen molar-refractivity contribution in [2.45, 2.75) is 93.9 Å². The Kier molecular flexibility index (Phi) is 9.98. The number of aliphatic hydroxyl groups is 1. The summed E-state index contributed by atoms with van der Waals surface area (Å²) in [5.74, 6) is -1.66. The molecule has 242 valence electrons. The van der Waals surface area contributed by atoms with Gasteiger partial charge in [-0.3, -0.25) is 4.79 Å². The number of imide groups is 1. The fourth-order valence-corrected chi connectivity index (χ4v) is 6.96. The molecular weight excluding hydrogens is 646 g/mol. The second-order valence-corrected chi connectivity index (χ2v) is 14.8. The van der Waals surface area contributed by atoms with Crippen molar-refractivity contribution >= 4 is 53.1 Å². The van der Waals surface area contributed by atoms with Gasteiger partial charge in [0.2, 0.25) is 0 Å². The lowest BCUT2D eigenvalue weighted by molar-refractivity contribution is -0.173. The van der Waals surface area contributed by atoms with Gasteiger partial charge in [-0.05, 0) is 83.4 Å². The first-order valence-corrected chi connectivity index (χ1v) is 15.1. The fourth-order valence-electron chi connectivity index (χ4n) is 4.82. The summed E-state index contributed by atoms with van der Waals surface area (Å²) in [6.07, 6.45) is -8.05. The number of hydrogen-bond acceptors (Lipinski definition) is 7. The Morgan fingerprint density at radius 3 is 1.75 bits per heavy atom. The van der Waals surface area contributed by atoms with Gasteiger partial charge >= 0.3 is 24.3 Å². The number of rotatable bonds is 5. The Morgan fingerprint density at radius 1 is 0.909 bits per heavy atom. The van der Waals surface area contributed by atoms with Crippen LogP contribution < -0.4 is 0 Å². The number of hydrogen-bond donors (Lipinski definition) is 2. The van der Waals surface area contributed by atoms with Crippen LogP contribution in [0.2, 0.25) is 10.0 Å². The summed E-state index contributed by atoms with van der Waals surface area (Å²) in [4.78, 5) is 39.2. The number of carboxylic acids is 1. The van der Waals surface area contributed by atoms with Gasteiger partial charge in [0.25, 0.3) is 0 Å². The van der Waals surface area contributed by atoms with E-state index in [-0.39, 0.29) is 27.4 Å². The second-order valence-electron chi connectivity index (χ2n) is 12.5. The summed E-state index contributed by atoms with van der Waals surface area (Å²) in [6.45, 7) is 11.2. The molecule has 3 rings (SSSR count). The highest BCUT2D eigenvalue weighted by Crippen LogP contribution is 2.65. The summed E-state index contributed by atoms with van der Waals surface area (Å²) in [5.41, 5.74) is -4.59. The minimum absolute atomic E-state index is 0.0567. The molecule has 0 spiro atoms. The van der Waals surface area contributed by atoms with E-state index in [0.717, 1.165) is 17.0 Å². The van der Waals surface area contributed by atoms with E-state index in [9.17, 15) is 37.8 Å². The van der Waals surface area contributed by atoms with Crippen LogP contribution in [0.15, 0.2) is 42.5 Å². The van der Waals surface area contributed by atoms with Gasteiger partial charge in [-0.15, -0.1) is 11.8 Å². The molecular formula is C30H34Cl2F3NO7S. The molecule has 0 bridgehead atoms. The lowest BCUT2D eigenvalue weighted by Crippen LogP contribution is -2.44. The van der Waals surface area contributed by atoms with Crippen LogP contribution in [-0.4, -0.2) is 55.9 Å². The van der Waals surface area contributed by atoms with Crippen molar-refractivity contribution in [1.29, 1.82) is 0 Å². The number of carbonyl (C=O) groups excluding carboxylic acids is 2. The lowest BCUT2D eigenvalue weighted by atomic mass is 9.79. The molecule has 44 heavy (non-hydrogen) atoms. The molecule has 1 aliphatic rings. The second kappa shape index (κ2) is 12.3. The Bertz CT molecular complexity index is 1380. The van der Waals surface area contributed by atoms with E-state index in [2.05, 4.69) is 0 Å². The number of ether oxygens (including phenoxy) is 2. The third-order valence-electron chi connectivity index (χ3n) is 6.74. The van der Waals surface area contributed by atoms with Crippen LogP contribution in [-0.2, 0) is 24.6 Å². The third kappa shape index (κ3) is 7.58. The number of thioether (sulfide) groups is 1. The average Bonchev–Trinajstić information content (AvgIpc) is 3.17. The van der Waals surface area contributed by atoms with Crippen molar-refractivity contribution in [2.24, 2.45) is 0 Å². The lowest BCUT2D eigenvalue weighted by Gasteiger charge is -2.33. The predicted molar refractivity (Wildman–Crippen MR) is 161 cm³/mol. The Hall–Kier alpha value is -2.67. The van der Waals surface area contributed by atoms with Crippen LogP contribution >= 0.6 is 35.0 Å². The molecule has 4 atom stereocenters. The molecule has 0 radical (unpaired) electrons. The van der Waals surface area contributed by atoms with E-state index in [4.69, 9.17) is 32.7 Å². The third-order valence-corrected chi connectivity index (χ3v) is 9.02. The number of nitrogens with zero attached hydrogens (tertiary/aromatic N) is 1. The van der Waals surface area contributed by atoms with Crippen LogP contribution in [0.1, 0.15) is 77.6 Å². The van der Waals surface area contributed by atoms with Crippen molar-refractivity contribution in [3.05, 3.63) is 69.2 Å². The Labute approximate surface area is 267 Å². The zero-order valence-electron chi connectivity index (χ0n) is 25.1. The highest BCUT2D eigenvalue weighted by molar-refractivity contribution is 8.02. The van der Waals surface area contributed by atoms with Crippen molar-refractivity contribution < 1.29 is 47.2 Å². The molecule has 1 fully saturated rings. The van der Waals surface area contributed by atoms with Gasteiger partial charge in [0.15, 0.2) is 0 Å². The first-order valence-electron chi connectivity index (χ1n) is 13.4. The molecule has 2 aromatic carbocycles. The maximum atomic E-state index is 14.8. The fraction of sp³-hybridized carbons (Fsp3) is 0.500. The highest BCUT2D eigenvalue weighted by Gasteiger charge is 2.69. The van der Waals surface area contributed by atoms with E-state index in [0.29, 0.717) is 5.56 Å². The predicted octanol–water partition coefficient (Wildman–Crippen LogP) is 8.46. The summed E-state index contributed by atoms with van der Waals surface area (Å²) in [5, 5.41) is 19.6. The zero-order valence-corrected chi connectivity index (χ0v) is 27.4. The highest BCUT2D eigenvalue weighted by atomic mass is 35.5. The van der Waals surface area contributed by atoms with Crippen LogP contribution in [0.4, 0.5) is 22.8 Å². The standard InChI is InChI=1S/C30H34Cl2F3NO7S/c1-16(36(24(39)42-26(2,3)4)25(40)43-27(5,6)7)17-8-10-18(11-9-17)28(41)15-29(30(33,34)35,44-22(28)23(37)38)19-12-20(31)14-21(32)13-19/h8-14,16,22,41H,15H2,1-7H3,(H,37,38). The van der Waals surface area contributed by atoms with Crippen LogP contribution in [0.5, 0.6) is 0 Å². The van der Waals surface area contributed by atoms with E-state index < -0.39 is 69.2 Å². The Morgan fingerprint density at radius 2 is 1.36 bits per heavy atom. The number of halogens is 5. The maximum Gasteiger partial charge on any atom is 0.420 e. The Balaban J connectivity index is 2.07. The monoisotopic (exact) mass is 679 g/mol. The number of amides is 2. The zero-order chi connectivity index (χ0) is 33.6. The molecule has 2 amide bonds. The smallest absolute Gasteiger partial charge is 0.420 e. The minimum atomic E-state index is -5.01. The molecule has 8 nitrogen and oxygen atoms in total.